The number of hydrogen-bond donors (Lipinski definition) is 2. The van der Waals surface area contributed by atoms with E-state index in [-0.39, 0.29) is 18.2 Å². The number of carbonyl (C=O) groups is 2. The minimum Gasteiger partial charge on any atom is -0.480 e. The zero-order valence-electron chi connectivity index (χ0n) is 9.84. The van der Waals surface area contributed by atoms with Gasteiger partial charge in [0, 0.05) is 24.4 Å². The van der Waals surface area contributed by atoms with Crippen molar-refractivity contribution in [3.05, 3.63) is 16.6 Å². The molecule has 17 heavy (non-hydrogen) atoms. The van der Waals surface area contributed by atoms with Gasteiger partial charge in [0.05, 0.1) is 5.01 Å². The summed E-state index contributed by atoms with van der Waals surface area (Å²) in [4.78, 5) is 26.5. The van der Waals surface area contributed by atoms with E-state index in [0.29, 0.717) is 6.42 Å². The van der Waals surface area contributed by atoms with Crippen LogP contribution >= 0.6 is 11.3 Å². The average molecular weight is 256 g/mol. The second-order valence-corrected chi connectivity index (χ2v) is 5.03. The Bertz CT molecular complexity index is 376. The lowest BCUT2D eigenvalue weighted by Gasteiger charge is -2.17. The monoisotopic (exact) mass is 256 g/mol. The maximum absolute atomic E-state index is 11.6. The van der Waals surface area contributed by atoms with Gasteiger partial charge in [0.1, 0.15) is 6.04 Å². The molecule has 1 amide bonds. The highest BCUT2D eigenvalue weighted by molar-refractivity contribution is 7.09. The van der Waals surface area contributed by atoms with Crippen molar-refractivity contribution in [3.8, 4) is 0 Å². The van der Waals surface area contributed by atoms with Crippen molar-refractivity contribution in [3.63, 3.8) is 0 Å². The van der Waals surface area contributed by atoms with E-state index < -0.39 is 12.0 Å². The maximum atomic E-state index is 11.6. The minimum atomic E-state index is -0.998. The fourth-order valence-corrected chi connectivity index (χ4v) is 1.98. The third-order valence-electron chi connectivity index (χ3n) is 2.30. The third kappa shape index (κ3) is 4.52. The molecule has 0 saturated carbocycles. The van der Waals surface area contributed by atoms with E-state index in [4.69, 9.17) is 5.11 Å². The fraction of sp³-hybridized carbons (Fsp3) is 0.545. The van der Waals surface area contributed by atoms with Crippen LogP contribution in [-0.2, 0) is 16.0 Å². The number of carboxylic acid groups (broad SMARTS) is 1. The normalized spacial score (nSPS) is 12.4. The van der Waals surface area contributed by atoms with Gasteiger partial charge in [0.2, 0.25) is 5.91 Å². The van der Waals surface area contributed by atoms with Gasteiger partial charge in [-0.25, -0.2) is 9.78 Å². The molecule has 6 heteroatoms. The lowest BCUT2D eigenvalue weighted by molar-refractivity contribution is -0.143. The topological polar surface area (TPSA) is 79.3 Å². The van der Waals surface area contributed by atoms with Crippen LogP contribution in [0.25, 0.3) is 0 Å². The smallest absolute Gasteiger partial charge is 0.326 e. The summed E-state index contributed by atoms with van der Waals surface area (Å²) in [5, 5.41) is 14.2. The first-order valence-electron chi connectivity index (χ1n) is 5.41. The van der Waals surface area contributed by atoms with E-state index >= 15 is 0 Å². The number of carboxylic acids is 1. The number of nitrogens with one attached hydrogen (secondary N) is 1. The zero-order chi connectivity index (χ0) is 12.8. The zero-order valence-corrected chi connectivity index (χ0v) is 10.7. The van der Waals surface area contributed by atoms with Gasteiger partial charge in [-0.05, 0) is 5.92 Å². The van der Waals surface area contributed by atoms with Crippen molar-refractivity contribution in [1.82, 2.24) is 10.3 Å². The van der Waals surface area contributed by atoms with Gasteiger partial charge in [-0.15, -0.1) is 11.3 Å². The number of aliphatic carboxylic acids is 1. The first-order chi connectivity index (χ1) is 8.00. The lowest BCUT2D eigenvalue weighted by atomic mass is 10.0. The summed E-state index contributed by atoms with van der Waals surface area (Å²) in [7, 11) is 0. The Kier molecular flexibility index (Phi) is 5.09. The van der Waals surface area contributed by atoms with Crippen molar-refractivity contribution >= 4 is 23.2 Å². The summed E-state index contributed by atoms with van der Waals surface area (Å²) in [5.74, 6) is -1.37. The van der Waals surface area contributed by atoms with E-state index in [1.807, 2.05) is 5.38 Å². The van der Waals surface area contributed by atoms with Crippen LogP contribution in [0, 0.1) is 5.92 Å². The molecule has 0 bridgehead atoms. The Balaban J connectivity index is 2.40. The van der Waals surface area contributed by atoms with Crippen molar-refractivity contribution in [2.24, 2.45) is 5.92 Å². The van der Waals surface area contributed by atoms with Crippen LogP contribution in [0.15, 0.2) is 11.6 Å². The number of aryl methyl sites for hydroxylation is 1. The summed E-state index contributed by atoms with van der Waals surface area (Å²) >= 11 is 1.49. The van der Waals surface area contributed by atoms with E-state index in [2.05, 4.69) is 10.3 Å². The molecule has 0 saturated heterocycles. The number of thiazole rings is 1. The van der Waals surface area contributed by atoms with Gasteiger partial charge < -0.3 is 10.4 Å². The molecule has 1 heterocycles. The van der Waals surface area contributed by atoms with Gasteiger partial charge in [-0.1, -0.05) is 13.8 Å². The molecule has 1 aromatic rings. The molecular formula is C11H16N2O3S. The molecule has 0 aliphatic carbocycles. The van der Waals surface area contributed by atoms with Crippen LogP contribution in [0.4, 0.5) is 0 Å². The molecule has 0 aliphatic rings. The lowest BCUT2D eigenvalue weighted by Crippen LogP contribution is -2.44. The van der Waals surface area contributed by atoms with Crippen molar-refractivity contribution in [2.75, 3.05) is 0 Å². The number of rotatable bonds is 6. The van der Waals surface area contributed by atoms with Gasteiger partial charge in [0.25, 0.3) is 0 Å². The third-order valence-corrected chi connectivity index (χ3v) is 3.14. The molecule has 0 aromatic carbocycles. The number of amides is 1. The van der Waals surface area contributed by atoms with Crippen molar-refractivity contribution < 1.29 is 14.7 Å². The summed E-state index contributed by atoms with van der Waals surface area (Å²) < 4.78 is 0. The molecule has 0 fully saturated rings. The fourth-order valence-electron chi connectivity index (χ4n) is 1.36. The summed E-state index contributed by atoms with van der Waals surface area (Å²) in [6.45, 7) is 3.53. The van der Waals surface area contributed by atoms with Gasteiger partial charge in [-0.3, -0.25) is 4.79 Å². The predicted octanol–water partition coefficient (Wildman–Crippen LogP) is 1.30. The highest BCUT2D eigenvalue weighted by Crippen LogP contribution is 2.07. The Labute approximate surface area is 104 Å². The van der Waals surface area contributed by atoms with E-state index in [9.17, 15) is 9.59 Å². The van der Waals surface area contributed by atoms with Crippen LogP contribution < -0.4 is 5.32 Å². The summed E-state index contributed by atoms with van der Waals surface area (Å²) in [5.41, 5.74) is 0. The van der Waals surface area contributed by atoms with Crippen molar-refractivity contribution in [1.29, 1.82) is 0 Å². The van der Waals surface area contributed by atoms with E-state index in [1.165, 1.54) is 11.3 Å². The van der Waals surface area contributed by atoms with E-state index in [1.54, 1.807) is 20.0 Å². The Hall–Kier alpha value is -1.43. The number of carbonyl (C=O) groups excluding carboxylic acids is 1. The molecule has 0 aliphatic heterocycles. The van der Waals surface area contributed by atoms with Gasteiger partial charge in [0.15, 0.2) is 0 Å². The second-order valence-electron chi connectivity index (χ2n) is 4.05. The number of nitrogens with zero attached hydrogens (tertiary/aromatic N) is 1. The largest absolute Gasteiger partial charge is 0.480 e. The van der Waals surface area contributed by atoms with Crippen LogP contribution in [-0.4, -0.2) is 28.0 Å². The predicted molar refractivity (Wildman–Crippen MR) is 64.8 cm³/mol. The standard InChI is InChI=1S/C11H16N2O3S/c1-7(2)10(11(15)16)13-8(14)3-4-9-12-5-6-17-9/h5-7,10H,3-4H2,1-2H3,(H,13,14)(H,15,16). The highest BCUT2D eigenvalue weighted by atomic mass is 32.1. The molecule has 1 rings (SSSR count). The molecule has 0 spiro atoms. The van der Waals surface area contributed by atoms with Crippen LogP contribution in [0.3, 0.4) is 0 Å². The molecular weight excluding hydrogens is 240 g/mol. The summed E-state index contributed by atoms with van der Waals surface area (Å²) in [6, 6.07) is -0.821. The van der Waals surface area contributed by atoms with Crippen LogP contribution in [0.1, 0.15) is 25.3 Å². The van der Waals surface area contributed by atoms with Crippen molar-refractivity contribution in [2.45, 2.75) is 32.7 Å². The molecule has 2 N–H and O–H groups in total. The Morgan fingerprint density at radius 3 is 2.71 bits per heavy atom. The maximum Gasteiger partial charge on any atom is 0.326 e. The molecule has 5 nitrogen and oxygen atoms in total. The number of hydrogen-bond acceptors (Lipinski definition) is 4. The Morgan fingerprint density at radius 2 is 2.24 bits per heavy atom. The first-order valence-corrected chi connectivity index (χ1v) is 6.29. The second kappa shape index (κ2) is 6.34. The minimum absolute atomic E-state index is 0.128. The Morgan fingerprint density at radius 1 is 1.53 bits per heavy atom. The van der Waals surface area contributed by atoms with Gasteiger partial charge in [-0.2, -0.15) is 0 Å². The molecule has 1 atom stereocenters. The average Bonchev–Trinajstić information content (AvgIpc) is 2.74. The highest BCUT2D eigenvalue weighted by Gasteiger charge is 2.23. The van der Waals surface area contributed by atoms with Crippen LogP contribution in [0.2, 0.25) is 0 Å². The molecule has 1 unspecified atom stereocenters. The van der Waals surface area contributed by atoms with Crippen LogP contribution in [0.5, 0.6) is 0 Å². The number of aromatic nitrogens is 1. The molecule has 94 valence electrons. The van der Waals surface area contributed by atoms with Gasteiger partial charge >= 0.3 is 5.97 Å². The van der Waals surface area contributed by atoms with E-state index in [0.717, 1.165) is 5.01 Å². The summed E-state index contributed by atoms with van der Waals surface area (Å²) in [6.07, 6.45) is 2.50. The first kappa shape index (κ1) is 13.6. The molecule has 0 radical (unpaired) electrons. The molecule has 1 aromatic heterocycles. The quantitative estimate of drug-likeness (QED) is 0.804. The SMILES string of the molecule is CC(C)C(NC(=O)CCc1nccs1)C(=O)O.